The maximum atomic E-state index is 12.8. The van der Waals surface area contributed by atoms with Gasteiger partial charge in [0.15, 0.2) is 0 Å². The summed E-state index contributed by atoms with van der Waals surface area (Å²) in [4.78, 5) is 13.8. The Morgan fingerprint density at radius 2 is 2.00 bits per heavy atom. The summed E-state index contributed by atoms with van der Waals surface area (Å²) in [6, 6.07) is 16.3. The molecule has 0 bridgehead atoms. The number of hydrogen-bond donors (Lipinski definition) is 1. The quantitative estimate of drug-likeness (QED) is 0.634. The molecule has 1 aliphatic rings. The molecule has 1 amide bonds. The van der Waals surface area contributed by atoms with Gasteiger partial charge < -0.3 is 5.32 Å². The number of fused-ring (bicyclic) bond motifs is 1. The van der Waals surface area contributed by atoms with E-state index in [0.717, 1.165) is 35.5 Å². The maximum Gasteiger partial charge on any atom is 0.252 e. The van der Waals surface area contributed by atoms with E-state index in [2.05, 4.69) is 36.2 Å². The third kappa shape index (κ3) is 3.67. The molecule has 23 heavy (non-hydrogen) atoms. The van der Waals surface area contributed by atoms with E-state index < -0.39 is 0 Å². The van der Waals surface area contributed by atoms with Crippen molar-refractivity contribution >= 4 is 17.7 Å². The van der Waals surface area contributed by atoms with E-state index >= 15 is 0 Å². The van der Waals surface area contributed by atoms with Crippen LogP contribution in [0.1, 0.15) is 40.4 Å². The van der Waals surface area contributed by atoms with Crippen LogP contribution < -0.4 is 5.32 Å². The summed E-state index contributed by atoms with van der Waals surface area (Å²) in [6.07, 6.45) is 5.09. The van der Waals surface area contributed by atoms with Crippen LogP contribution in [0.2, 0.25) is 0 Å². The standard InChI is InChI=1S/C20H21NOS/c1-2-14-23-19-13-6-5-11-17(19)20(22)21-18-12-7-9-15-8-3-4-10-16(15)18/h2-6,8,10-11,13,18H,1,7,9,12,14H2,(H,21,22)/t18-/m1/s1. The fourth-order valence-corrected chi connectivity index (χ4v) is 3.86. The highest BCUT2D eigenvalue weighted by Gasteiger charge is 2.22. The van der Waals surface area contributed by atoms with Gasteiger partial charge in [0.2, 0.25) is 0 Å². The van der Waals surface area contributed by atoms with Gasteiger partial charge in [0.05, 0.1) is 11.6 Å². The molecular formula is C20H21NOS. The molecule has 1 N–H and O–H groups in total. The van der Waals surface area contributed by atoms with E-state index in [-0.39, 0.29) is 11.9 Å². The molecule has 0 heterocycles. The fourth-order valence-electron chi connectivity index (χ4n) is 3.07. The van der Waals surface area contributed by atoms with Crippen molar-refractivity contribution in [1.29, 1.82) is 0 Å². The third-order valence-electron chi connectivity index (χ3n) is 4.16. The molecule has 0 saturated carbocycles. The number of aryl methyl sites for hydroxylation is 1. The van der Waals surface area contributed by atoms with Crippen LogP contribution in [0.3, 0.4) is 0 Å². The van der Waals surface area contributed by atoms with Crippen LogP contribution in [-0.2, 0) is 6.42 Å². The second-order valence-electron chi connectivity index (χ2n) is 5.71. The molecule has 1 atom stereocenters. The van der Waals surface area contributed by atoms with Crippen molar-refractivity contribution in [3.63, 3.8) is 0 Å². The highest BCUT2D eigenvalue weighted by atomic mass is 32.2. The summed E-state index contributed by atoms with van der Waals surface area (Å²) in [7, 11) is 0. The topological polar surface area (TPSA) is 29.1 Å². The number of carbonyl (C=O) groups is 1. The lowest BCUT2D eigenvalue weighted by molar-refractivity contribution is 0.0930. The second kappa shape index (κ2) is 7.51. The minimum Gasteiger partial charge on any atom is -0.345 e. The monoisotopic (exact) mass is 323 g/mol. The van der Waals surface area contributed by atoms with Crippen LogP contribution >= 0.6 is 11.8 Å². The Morgan fingerprint density at radius 3 is 2.87 bits per heavy atom. The molecule has 0 aromatic heterocycles. The molecule has 3 rings (SSSR count). The summed E-state index contributed by atoms with van der Waals surface area (Å²) in [5.74, 6) is 0.815. The Morgan fingerprint density at radius 1 is 1.22 bits per heavy atom. The first-order valence-electron chi connectivity index (χ1n) is 8.01. The Kier molecular flexibility index (Phi) is 5.19. The Hall–Kier alpha value is -2.00. The summed E-state index contributed by atoms with van der Waals surface area (Å²) in [5, 5.41) is 3.23. The molecule has 3 heteroatoms. The number of benzene rings is 2. The molecule has 1 aliphatic carbocycles. The van der Waals surface area contributed by atoms with Gasteiger partial charge in [0.25, 0.3) is 5.91 Å². The normalized spacial score (nSPS) is 16.4. The highest BCUT2D eigenvalue weighted by molar-refractivity contribution is 7.99. The summed E-state index contributed by atoms with van der Waals surface area (Å²) in [6.45, 7) is 3.75. The number of nitrogens with one attached hydrogen (secondary N) is 1. The van der Waals surface area contributed by atoms with E-state index in [1.165, 1.54) is 11.1 Å². The van der Waals surface area contributed by atoms with Crippen LogP contribution in [0, 0.1) is 0 Å². The zero-order valence-electron chi connectivity index (χ0n) is 13.1. The van der Waals surface area contributed by atoms with Gasteiger partial charge in [-0.2, -0.15) is 0 Å². The first kappa shape index (κ1) is 15.9. The Bertz CT molecular complexity index is 710. The maximum absolute atomic E-state index is 12.8. The van der Waals surface area contributed by atoms with Crippen LogP contribution in [0.5, 0.6) is 0 Å². The van der Waals surface area contributed by atoms with Crippen molar-refractivity contribution in [2.75, 3.05) is 5.75 Å². The van der Waals surface area contributed by atoms with Gasteiger partial charge in [-0.25, -0.2) is 0 Å². The predicted molar refractivity (Wildman–Crippen MR) is 97.0 cm³/mol. The lowest BCUT2D eigenvalue weighted by Gasteiger charge is -2.26. The molecule has 2 nitrogen and oxygen atoms in total. The SMILES string of the molecule is C=CCSc1ccccc1C(=O)N[C@@H]1CCCc2ccccc21. The van der Waals surface area contributed by atoms with E-state index in [1.54, 1.807) is 11.8 Å². The molecule has 0 spiro atoms. The van der Waals surface area contributed by atoms with Crippen molar-refractivity contribution in [2.45, 2.75) is 30.2 Å². The molecule has 0 unspecified atom stereocenters. The predicted octanol–water partition coefficient (Wildman–Crippen LogP) is 4.77. The van der Waals surface area contributed by atoms with E-state index in [1.807, 2.05) is 30.3 Å². The lowest BCUT2D eigenvalue weighted by atomic mass is 9.87. The molecule has 118 valence electrons. The van der Waals surface area contributed by atoms with Crippen molar-refractivity contribution in [3.8, 4) is 0 Å². The minimum atomic E-state index is 0.0128. The fraction of sp³-hybridized carbons (Fsp3) is 0.250. The smallest absolute Gasteiger partial charge is 0.252 e. The van der Waals surface area contributed by atoms with Gasteiger partial charge in [0, 0.05) is 10.6 Å². The largest absolute Gasteiger partial charge is 0.345 e. The van der Waals surface area contributed by atoms with Crippen molar-refractivity contribution in [3.05, 3.63) is 77.9 Å². The van der Waals surface area contributed by atoms with E-state index in [9.17, 15) is 4.79 Å². The van der Waals surface area contributed by atoms with Gasteiger partial charge in [-0.3, -0.25) is 4.79 Å². The zero-order chi connectivity index (χ0) is 16.1. The van der Waals surface area contributed by atoms with Crippen molar-refractivity contribution < 1.29 is 4.79 Å². The summed E-state index contributed by atoms with van der Waals surface area (Å²) in [5.41, 5.74) is 3.38. The molecule has 0 fully saturated rings. The molecule has 2 aromatic rings. The van der Waals surface area contributed by atoms with Crippen molar-refractivity contribution in [1.82, 2.24) is 5.32 Å². The van der Waals surface area contributed by atoms with Crippen LogP contribution in [-0.4, -0.2) is 11.7 Å². The molecule has 0 radical (unpaired) electrons. The second-order valence-corrected chi connectivity index (χ2v) is 6.77. The molecule has 2 aromatic carbocycles. The molecule has 0 saturated heterocycles. The number of amides is 1. The Balaban J connectivity index is 1.79. The van der Waals surface area contributed by atoms with Gasteiger partial charge in [-0.05, 0) is 42.5 Å². The first-order valence-corrected chi connectivity index (χ1v) is 8.99. The molecular weight excluding hydrogens is 302 g/mol. The van der Waals surface area contributed by atoms with Crippen LogP contribution in [0.25, 0.3) is 0 Å². The summed E-state index contributed by atoms with van der Waals surface area (Å²) < 4.78 is 0. The number of hydrogen-bond acceptors (Lipinski definition) is 2. The van der Waals surface area contributed by atoms with Crippen LogP contribution in [0.4, 0.5) is 0 Å². The van der Waals surface area contributed by atoms with E-state index in [0.29, 0.717) is 0 Å². The van der Waals surface area contributed by atoms with Crippen LogP contribution in [0.15, 0.2) is 66.1 Å². The van der Waals surface area contributed by atoms with Gasteiger partial charge in [0.1, 0.15) is 0 Å². The third-order valence-corrected chi connectivity index (χ3v) is 5.23. The average Bonchev–Trinajstić information content (AvgIpc) is 2.60. The highest BCUT2D eigenvalue weighted by Crippen LogP contribution is 2.30. The summed E-state index contributed by atoms with van der Waals surface area (Å²) >= 11 is 1.64. The van der Waals surface area contributed by atoms with Gasteiger partial charge in [-0.1, -0.05) is 42.5 Å². The number of thioether (sulfide) groups is 1. The van der Waals surface area contributed by atoms with Gasteiger partial charge >= 0.3 is 0 Å². The van der Waals surface area contributed by atoms with Gasteiger partial charge in [-0.15, -0.1) is 18.3 Å². The molecule has 0 aliphatic heterocycles. The van der Waals surface area contributed by atoms with E-state index in [4.69, 9.17) is 0 Å². The lowest BCUT2D eigenvalue weighted by Crippen LogP contribution is -2.31. The number of rotatable bonds is 5. The zero-order valence-corrected chi connectivity index (χ0v) is 13.9. The van der Waals surface area contributed by atoms with Crippen molar-refractivity contribution in [2.24, 2.45) is 0 Å². The average molecular weight is 323 g/mol. The Labute approximate surface area is 142 Å². The minimum absolute atomic E-state index is 0.0128. The first-order chi connectivity index (χ1) is 11.3. The number of carbonyl (C=O) groups excluding carboxylic acids is 1.